The van der Waals surface area contributed by atoms with Crippen LogP contribution in [0.3, 0.4) is 0 Å². The molecule has 0 saturated heterocycles. The Morgan fingerprint density at radius 1 is 0.964 bits per heavy atom. The average molecular weight is 409 g/mol. The summed E-state index contributed by atoms with van der Waals surface area (Å²) >= 11 is 0. The Balaban J connectivity index is 1.64. The number of aromatic nitrogens is 5. The number of H-pyrrole nitrogens is 1. The van der Waals surface area contributed by atoms with Crippen LogP contribution in [0.25, 0.3) is 21.1 Å². The molecule has 5 rings (SSSR count). The lowest BCUT2D eigenvalue weighted by Gasteiger charge is -2.06. The second kappa shape index (κ2) is 6.36. The summed E-state index contributed by atoms with van der Waals surface area (Å²) in [7, 11) is -4.20. The number of thiazole rings is 1. The third-order valence-corrected chi connectivity index (χ3v) is 7.45. The number of fused-ring (bicyclic) bond motifs is 2. The Hall–Kier alpha value is -3.37. The zero-order chi connectivity index (χ0) is 19.1. The monoisotopic (exact) mass is 409 g/mol. The van der Waals surface area contributed by atoms with Crippen molar-refractivity contribution >= 4 is 47.3 Å². The van der Waals surface area contributed by atoms with Gasteiger partial charge in [0.2, 0.25) is 19.7 Å². The second-order valence-corrected chi connectivity index (χ2v) is 9.37. The Labute approximate surface area is 162 Å². The van der Waals surface area contributed by atoms with Crippen molar-refractivity contribution in [3.8, 4) is 0 Å². The van der Waals surface area contributed by atoms with E-state index in [-0.39, 0.29) is 10.1 Å². The van der Waals surface area contributed by atoms with E-state index in [1.807, 2.05) is 35.8 Å². The van der Waals surface area contributed by atoms with Gasteiger partial charge in [-0.1, -0.05) is 12.1 Å². The topological polar surface area (TPSA) is 114 Å². The minimum Gasteiger partial charge on any atom is -0.256 e. The molecule has 28 heavy (non-hydrogen) atoms. The summed E-state index contributed by atoms with van der Waals surface area (Å²) in [6.45, 7) is 0. The van der Waals surface area contributed by atoms with Gasteiger partial charge in [0.15, 0.2) is 0 Å². The quantitative estimate of drug-likeness (QED) is 0.438. The Morgan fingerprint density at radius 3 is 2.71 bits per heavy atom. The van der Waals surface area contributed by atoms with Gasteiger partial charge in [-0.25, -0.2) is 18.5 Å². The maximum absolute atomic E-state index is 12.8. The Morgan fingerprint density at radius 2 is 1.86 bits per heavy atom. The summed E-state index contributed by atoms with van der Waals surface area (Å²) in [6.07, 6.45) is 2.86. The maximum Gasteiger partial charge on any atom is 0.258 e. The van der Waals surface area contributed by atoms with Crippen LogP contribution in [0.1, 0.15) is 0 Å². The number of sulfone groups is 1. The van der Waals surface area contributed by atoms with Crippen LogP contribution in [-0.4, -0.2) is 33.6 Å². The average Bonchev–Trinajstić information content (AvgIpc) is 3.39. The molecule has 1 unspecified atom stereocenters. The van der Waals surface area contributed by atoms with Crippen molar-refractivity contribution in [2.45, 2.75) is 10.1 Å². The van der Waals surface area contributed by atoms with Crippen LogP contribution >= 0.6 is 10.7 Å². The fourth-order valence-corrected chi connectivity index (χ4v) is 5.52. The highest BCUT2D eigenvalue weighted by Gasteiger charge is 2.22. The number of para-hydroxylation sites is 1. The van der Waals surface area contributed by atoms with E-state index in [1.54, 1.807) is 18.3 Å². The van der Waals surface area contributed by atoms with Crippen molar-refractivity contribution in [1.29, 1.82) is 0 Å². The number of benzene rings is 2. The number of hydrogen-bond donors (Lipinski definition) is 2. The lowest BCUT2D eigenvalue weighted by Crippen LogP contribution is -2.04. The molecule has 0 saturated carbocycles. The first-order valence-electron chi connectivity index (χ1n) is 8.25. The largest absolute Gasteiger partial charge is 0.258 e. The number of pyridine rings is 1. The van der Waals surface area contributed by atoms with E-state index in [0.29, 0.717) is 10.9 Å². The van der Waals surface area contributed by atoms with Crippen LogP contribution < -0.4 is 4.72 Å². The summed E-state index contributed by atoms with van der Waals surface area (Å²) in [5.74, 6) is 0. The van der Waals surface area contributed by atoms with Crippen LogP contribution in [0.2, 0.25) is 0 Å². The van der Waals surface area contributed by atoms with Crippen molar-refractivity contribution in [3.05, 3.63) is 66.6 Å². The number of anilines is 1. The summed E-state index contributed by atoms with van der Waals surface area (Å²) in [4.78, 5) is 12.7. The van der Waals surface area contributed by atoms with Gasteiger partial charge in [-0.2, -0.15) is 14.8 Å². The van der Waals surface area contributed by atoms with Gasteiger partial charge in [0.25, 0.3) is 5.51 Å². The molecule has 0 fully saturated rings. The van der Waals surface area contributed by atoms with Gasteiger partial charge in [-0.15, -0.1) is 0 Å². The van der Waals surface area contributed by atoms with Crippen LogP contribution in [0, 0.1) is 0 Å². The maximum atomic E-state index is 12.8. The molecule has 0 aliphatic carbocycles. The summed E-state index contributed by atoms with van der Waals surface area (Å²) in [5.41, 5.74) is 4.28. The second-order valence-electron chi connectivity index (χ2n) is 5.97. The van der Waals surface area contributed by atoms with E-state index in [2.05, 4.69) is 29.9 Å². The third kappa shape index (κ3) is 2.70. The third-order valence-electron chi connectivity index (χ3n) is 4.29. The predicted octanol–water partition coefficient (Wildman–Crippen LogP) is 3.36. The van der Waals surface area contributed by atoms with Gasteiger partial charge in [-0.3, -0.25) is 4.98 Å². The summed E-state index contributed by atoms with van der Waals surface area (Å²) in [5, 5.41) is 6.55. The van der Waals surface area contributed by atoms with Crippen LogP contribution in [0.15, 0.2) is 76.6 Å². The number of aromatic amines is 1. The van der Waals surface area contributed by atoms with Crippen molar-refractivity contribution in [1.82, 2.24) is 25.1 Å². The lowest BCUT2D eigenvalue weighted by molar-refractivity contribution is 0.588. The predicted molar refractivity (Wildman–Crippen MR) is 107 cm³/mol. The summed E-state index contributed by atoms with van der Waals surface area (Å²) < 4.78 is 30.1. The van der Waals surface area contributed by atoms with Crippen molar-refractivity contribution < 1.29 is 8.42 Å². The first-order valence-corrected chi connectivity index (χ1v) is 11.0. The van der Waals surface area contributed by atoms with Gasteiger partial charge in [0.05, 0.1) is 16.1 Å². The molecular formula is C18H13N6O2S2+. The van der Waals surface area contributed by atoms with Crippen LogP contribution in [-0.2, 0) is 9.84 Å². The molecule has 10 heteroatoms. The fourth-order valence-electron chi connectivity index (χ4n) is 2.93. The number of rotatable bonds is 4. The zero-order valence-electron chi connectivity index (χ0n) is 14.3. The standard InChI is InChI=1S/C18H13N6O2S2/c25-28(26,18-20-10-22-23-18)12-5-6-14-13(9-12)15(7-8-19-14)24-27-11-21-16-3-1-2-4-17(16)27/h1-11H,(H,19,24)(H,20,22,23)/q+1. The molecule has 3 heterocycles. The normalized spacial score (nSPS) is 12.5. The van der Waals surface area contributed by atoms with Crippen molar-refractivity contribution in [2.24, 2.45) is 0 Å². The Kier molecular flexibility index (Phi) is 3.81. The smallest absolute Gasteiger partial charge is 0.256 e. The molecule has 8 nitrogen and oxygen atoms in total. The van der Waals surface area contributed by atoms with E-state index in [0.717, 1.165) is 15.9 Å². The molecule has 0 aliphatic rings. The van der Waals surface area contributed by atoms with Gasteiger partial charge < -0.3 is 0 Å². The molecule has 1 atom stereocenters. The van der Waals surface area contributed by atoms with E-state index in [4.69, 9.17) is 0 Å². The van der Waals surface area contributed by atoms with Crippen LogP contribution in [0.5, 0.6) is 0 Å². The molecule has 0 bridgehead atoms. The number of nitrogens with one attached hydrogen (secondary N) is 2. The summed E-state index contributed by atoms with van der Waals surface area (Å²) in [6, 6.07) is 14.6. The van der Waals surface area contributed by atoms with Gasteiger partial charge in [0.1, 0.15) is 22.5 Å². The number of hydrogen-bond acceptors (Lipinski definition) is 7. The molecule has 2 aromatic carbocycles. The molecule has 138 valence electrons. The molecular weight excluding hydrogens is 396 g/mol. The SMILES string of the molecule is O=S(=O)(c1ccc2nccc(N[s+]3cnc4ccccc43)c2c1)c1ncn[nH]1. The molecule has 0 radical (unpaired) electrons. The first kappa shape index (κ1) is 16.8. The lowest BCUT2D eigenvalue weighted by atomic mass is 10.2. The van der Waals surface area contributed by atoms with Crippen molar-refractivity contribution in [3.63, 3.8) is 0 Å². The fraction of sp³-hybridized carbons (Fsp3) is 0. The highest BCUT2D eigenvalue weighted by Crippen LogP contribution is 2.34. The minimum absolute atomic E-state index is 0.122. The van der Waals surface area contributed by atoms with E-state index in [9.17, 15) is 8.42 Å². The van der Waals surface area contributed by atoms with Gasteiger partial charge in [-0.05, 0) is 30.3 Å². The first-order chi connectivity index (χ1) is 13.6. The molecule has 0 amide bonds. The van der Waals surface area contributed by atoms with Gasteiger partial charge in [0, 0.05) is 17.6 Å². The van der Waals surface area contributed by atoms with E-state index in [1.165, 1.54) is 12.4 Å². The Bertz CT molecular complexity index is 1410. The minimum atomic E-state index is -3.79. The van der Waals surface area contributed by atoms with E-state index < -0.39 is 20.5 Å². The zero-order valence-corrected chi connectivity index (χ0v) is 15.9. The highest BCUT2D eigenvalue weighted by molar-refractivity contribution is 7.91. The van der Waals surface area contributed by atoms with Crippen molar-refractivity contribution in [2.75, 3.05) is 4.72 Å². The molecule has 5 aromatic rings. The van der Waals surface area contributed by atoms with Crippen LogP contribution in [0.4, 0.5) is 5.69 Å². The van der Waals surface area contributed by atoms with E-state index >= 15 is 0 Å². The molecule has 2 N–H and O–H groups in total. The highest BCUT2D eigenvalue weighted by atomic mass is 32.2. The molecule has 0 spiro atoms. The molecule has 0 aliphatic heterocycles. The van der Waals surface area contributed by atoms with Gasteiger partial charge >= 0.3 is 0 Å². The number of nitrogens with zero attached hydrogens (tertiary/aromatic N) is 4. The molecule has 3 aromatic heterocycles.